The summed E-state index contributed by atoms with van der Waals surface area (Å²) in [6.07, 6.45) is 4.77. The summed E-state index contributed by atoms with van der Waals surface area (Å²) in [4.78, 5) is 21.0. The molecule has 0 atom stereocenters. The highest BCUT2D eigenvalue weighted by molar-refractivity contribution is 6.03. The number of carbonyl (C=O) groups is 1. The summed E-state index contributed by atoms with van der Waals surface area (Å²) in [6.45, 7) is 4.22. The molecule has 0 aliphatic rings. The van der Waals surface area contributed by atoms with Crippen molar-refractivity contribution in [1.82, 2.24) is 9.97 Å². The molecule has 28 heavy (non-hydrogen) atoms. The first-order valence-corrected chi connectivity index (χ1v) is 9.16. The SMILES string of the molecule is CCc1cccc(CC)c1Nc1cnc(C(=O)Nc2ccccc2C#N)cn1. The van der Waals surface area contributed by atoms with Crippen molar-refractivity contribution in [2.75, 3.05) is 10.6 Å². The van der Waals surface area contributed by atoms with Crippen molar-refractivity contribution >= 4 is 23.1 Å². The Hall–Kier alpha value is -3.72. The van der Waals surface area contributed by atoms with Crippen molar-refractivity contribution in [2.45, 2.75) is 26.7 Å². The van der Waals surface area contributed by atoms with Crippen molar-refractivity contribution < 1.29 is 4.79 Å². The van der Waals surface area contributed by atoms with Gasteiger partial charge in [-0.15, -0.1) is 0 Å². The minimum absolute atomic E-state index is 0.179. The summed E-state index contributed by atoms with van der Waals surface area (Å²) in [7, 11) is 0. The van der Waals surface area contributed by atoms with Gasteiger partial charge in [0, 0.05) is 5.69 Å². The summed E-state index contributed by atoms with van der Waals surface area (Å²) in [5, 5.41) is 15.2. The van der Waals surface area contributed by atoms with Crippen LogP contribution in [0.25, 0.3) is 0 Å². The lowest BCUT2D eigenvalue weighted by Gasteiger charge is -2.14. The van der Waals surface area contributed by atoms with Crippen LogP contribution in [0.3, 0.4) is 0 Å². The zero-order valence-corrected chi connectivity index (χ0v) is 15.9. The van der Waals surface area contributed by atoms with Gasteiger partial charge in [-0.2, -0.15) is 5.26 Å². The van der Waals surface area contributed by atoms with E-state index in [9.17, 15) is 4.79 Å². The Morgan fingerprint density at radius 1 is 1.00 bits per heavy atom. The van der Waals surface area contributed by atoms with Crippen LogP contribution in [0.4, 0.5) is 17.2 Å². The van der Waals surface area contributed by atoms with Crippen molar-refractivity contribution in [3.05, 3.63) is 77.2 Å². The molecule has 6 heteroatoms. The molecule has 2 aromatic carbocycles. The Kier molecular flexibility index (Phi) is 5.97. The third-order valence-corrected chi connectivity index (χ3v) is 4.43. The molecule has 3 aromatic rings. The molecule has 0 spiro atoms. The molecule has 0 aliphatic carbocycles. The average Bonchev–Trinajstić information content (AvgIpc) is 2.74. The van der Waals surface area contributed by atoms with Gasteiger partial charge in [0.25, 0.3) is 5.91 Å². The summed E-state index contributed by atoms with van der Waals surface area (Å²) in [6, 6.07) is 15.1. The molecule has 0 unspecified atom stereocenters. The van der Waals surface area contributed by atoms with E-state index in [4.69, 9.17) is 5.26 Å². The summed E-state index contributed by atoms with van der Waals surface area (Å²) in [5.41, 5.74) is 4.47. The van der Waals surface area contributed by atoms with E-state index in [0.29, 0.717) is 17.1 Å². The predicted octanol–water partition coefficient (Wildman–Crippen LogP) is 4.47. The number of rotatable bonds is 6. The Bertz CT molecular complexity index is 1000. The highest BCUT2D eigenvalue weighted by atomic mass is 16.1. The van der Waals surface area contributed by atoms with Gasteiger partial charge in [0.2, 0.25) is 0 Å². The molecule has 0 fully saturated rings. The average molecular weight is 371 g/mol. The Morgan fingerprint density at radius 2 is 1.71 bits per heavy atom. The number of hydrogen-bond donors (Lipinski definition) is 2. The van der Waals surface area contributed by atoms with E-state index in [1.165, 1.54) is 23.5 Å². The third-order valence-electron chi connectivity index (χ3n) is 4.43. The fraction of sp³-hybridized carbons (Fsp3) is 0.182. The third kappa shape index (κ3) is 4.15. The standard InChI is InChI=1S/C22H21N5O/c1-3-15-9-7-10-16(4-2)21(15)27-20-14-24-19(13-25-20)22(28)26-18-11-6-5-8-17(18)12-23/h5-11,13-14H,3-4H2,1-2H3,(H,25,27)(H,26,28). The number of benzene rings is 2. The van der Waals surface area contributed by atoms with Crippen molar-refractivity contribution in [1.29, 1.82) is 5.26 Å². The van der Waals surface area contributed by atoms with Gasteiger partial charge < -0.3 is 10.6 Å². The molecule has 0 radical (unpaired) electrons. The lowest BCUT2D eigenvalue weighted by Crippen LogP contribution is -2.15. The maximum Gasteiger partial charge on any atom is 0.275 e. The number of aromatic nitrogens is 2. The Morgan fingerprint density at radius 3 is 2.32 bits per heavy atom. The zero-order chi connectivity index (χ0) is 19.9. The van der Waals surface area contributed by atoms with Crippen LogP contribution in [0.5, 0.6) is 0 Å². The van der Waals surface area contributed by atoms with E-state index in [2.05, 4.69) is 52.6 Å². The maximum absolute atomic E-state index is 12.4. The molecule has 6 nitrogen and oxygen atoms in total. The van der Waals surface area contributed by atoms with Crippen LogP contribution < -0.4 is 10.6 Å². The van der Waals surface area contributed by atoms with Gasteiger partial charge in [-0.1, -0.05) is 44.2 Å². The molecule has 1 heterocycles. The van der Waals surface area contributed by atoms with Crippen LogP contribution in [-0.2, 0) is 12.8 Å². The first-order chi connectivity index (χ1) is 13.7. The van der Waals surface area contributed by atoms with Crippen molar-refractivity contribution in [3.8, 4) is 6.07 Å². The second-order valence-electron chi connectivity index (χ2n) is 6.18. The summed E-state index contributed by atoms with van der Waals surface area (Å²) >= 11 is 0. The normalized spacial score (nSPS) is 10.2. The molecule has 140 valence electrons. The number of nitrogens with one attached hydrogen (secondary N) is 2. The number of hydrogen-bond acceptors (Lipinski definition) is 5. The number of carbonyl (C=O) groups excluding carboxylic acids is 1. The smallest absolute Gasteiger partial charge is 0.275 e. The van der Waals surface area contributed by atoms with Gasteiger partial charge in [-0.3, -0.25) is 4.79 Å². The number of para-hydroxylation sites is 2. The van der Waals surface area contributed by atoms with Crippen LogP contribution in [0.1, 0.15) is 41.0 Å². The van der Waals surface area contributed by atoms with Gasteiger partial charge in [-0.25, -0.2) is 9.97 Å². The predicted molar refractivity (Wildman–Crippen MR) is 110 cm³/mol. The number of anilines is 3. The second kappa shape index (κ2) is 8.78. The van der Waals surface area contributed by atoms with Crippen LogP contribution in [0, 0.1) is 11.3 Å². The molecule has 1 aromatic heterocycles. The Labute approximate surface area is 164 Å². The minimum Gasteiger partial charge on any atom is -0.338 e. The quantitative estimate of drug-likeness (QED) is 0.667. The minimum atomic E-state index is -0.412. The van der Waals surface area contributed by atoms with Gasteiger partial charge >= 0.3 is 0 Å². The largest absolute Gasteiger partial charge is 0.338 e. The van der Waals surface area contributed by atoms with Gasteiger partial charge in [0.1, 0.15) is 17.6 Å². The van der Waals surface area contributed by atoms with Crippen molar-refractivity contribution in [3.63, 3.8) is 0 Å². The van der Waals surface area contributed by atoms with E-state index in [0.717, 1.165) is 18.5 Å². The molecule has 0 saturated carbocycles. The highest BCUT2D eigenvalue weighted by Crippen LogP contribution is 2.25. The van der Waals surface area contributed by atoms with E-state index in [-0.39, 0.29) is 5.69 Å². The number of nitriles is 1. The van der Waals surface area contributed by atoms with Crippen LogP contribution in [-0.4, -0.2) is 15.9 Å². The summed E-state index contributed by atoms with van der Waals surface area (Å²) in [5.74, 6) is 0.162. The van der Waals surface area contributed by atoms with Crippen molar-refractivity contribution in [2.24, 2.45) is 0 Å². The molecule has 0 aliphatic heterocycles. The fourth-order valence-electron chi connectivity index (χ4n) is 2.92. The lowest BCUT2D eigenvalue weighted by molar-refractivity contribution is 0.102. The molecule has 3 rings (SSSR count). The van der Waals surface area contributed by atoms with E-state index in [1.807, 2.05) is 6.07 Å². The van der Waals surface area contributed by atoms with E-state index < -0.39 is 5.91 Å². The zero-order valence-electron chi connectivity index (χ0n) is 15.9. The van der Waals surface area contributed by atoms with Gasteiger partial charge in [0.15, 0.2) is 0 Å². The Balaban J connectivity index is 1.77. The molecule has 0 saturated heterocycles. The second-order valence-corrected chi connectivity index (χ2v) is 6.18. The fourth-order valence-corrected chi connectivity index (χ4v) is 2.92. The van der Waals surface area contributed by atoms with Crippen LogP contribution >= 0.6 is 0 Å². The molecular formula is C22H21N5O. The van der Waals surface area contributed by atoms with Crippen LogP contribution in [0.2, 0.25) is 0 Å². The summed E-state index contributed by atoms with van der Waals surface area (Å²) < 4.78 is 0. The van der Waals surface area contributed by atoms with E-state index in [1.54, 1.807) is 24.3 Å². The maximum atomic E-state index is 12.4. The molecular weight excluding hydrogens is 350 g/mol. The number of amides is 1. The van der Waals surface area contributed by atoms with Gasteiger partial charge in [0.05, 0.1) is 23.6 Å². The highest BCUT2D eigenvalue weighted by Gasteiger charge is 2.12. The van der Waals surface area contributed by atoms with Gasteiger partial charge in [-0.05, 0) is 36.1 Å². The first kappa shape index (κ1) is 19.1. The topological polar surface area (TPSA) is 90.7 Å². The van der Waals surface area contributed by atoms with Crippen LogP contribution in [0.15, 0.2) is 54.9 Å². The monoisotopic (exact) mass is 371 g/mol. The number of nitrogens with zero attached hydrogens (tertiary/aromatic N) is 3. The molecule has 2 N–H and O–H groups in total. The lowest BCUT2D eigenvalue weighted by atomic mass is 10.0. The van der Waals surface area contributed by atoms with E-state index >= 15 is 0 Å². The molecule has 1 amide bonds. The number of aryl methyl sites for hydroxylation is 2. The first-order valence-electron chi connectivity index (χ1n) is 9.16. The molecule has 0 bridgehead atoms.